The third-order valence-electron chi connectivity index (χ3n) is 2.06. The normalized spacial score (nSPS) is 19.2. The first-order chi connectivity index (χ1) is 9.67. The molecule has 0 radical (unpaired) electrons. The maximum atomic E-state index is 10.6. The smallest absolute Gasteiger partial charge is 0.475 e. The number of aliphatic carboxylic acids is 2. The molecule has 0 aromatic heterocycles. The molecule has 0 saturated carbocycles. The first-order valence-electron chi connectivity index (χ1n) is 5.70. The third kappa shape index (κ3) is 13.4. The van der Waals surface area contributed by atoms with Crippen molar-refractivity contribution >= 4 is 11.9 Å². The summed E-state index contributed by atoms with van der Waals surface area (Å²) in [6, 6.07) is 0.689. The number of hydrogen-bond donors (Lipinski definition) is 3. The number of likely N-dealkylation sites (N-methyl/N-ethyl adjacent to an activating group) is 1. The second kappa shape index (κ2) is 9.46. The largest absolute Gasteiger partial charge is 0.490 e. The summed E-state index contributed by atoms with van der Waals surface area (Å²) >= 11 is 0. The molecule has 1 aliphatic heterocycles. The lowest BCUT2D eigenvalue weighted by atomic mass is 10.2. The Morgan fingerprint density at radius 2 is 1.36 bits per heavy atom. The van der Waals surface area contributed by atoms with Gasteiger partial charge in [-0.25, -0.2) is 9.59 Å². The highest BCUT2D eigenvalue weighted by molar-refractivity contribution is 5.73. The number of nitrogens with one attached hydrogen (secondary N) is 1. The van der Waals surface area contributed by atoms with Crippen molar-refractivity contribution in [1.29, 1.82) is 0 Å². The van der Waals surface area contributed by atoms with Gasteiger partial charge in [0, 0.05) is 25.7 Å². The van der Waals surface area contributed by atoms with Gasteiger partial charge in [-0.1, -0.05) is 0 Å². The lowest BCUT2D eigenvalue weighted by Crippen LogP contribution is -2.47. The number of carboxylic acid groups (broad SMARTS) is 2. The van der Waals surface area contributed by atoms with E-state index in [1.54, 1.807) is 0 Å². The fourth-order valence-electron chi connectivity index (χ4n) is 1.13. The molecule has 1 fully saturated rings. The molecular weight excluding hydrogens is 326 g/mol. The number of alkyl halides is 6. The van der Waals surface area contributed by atoms with Crippen molar-refractivity contribution in [3.05, 3.63) is 0 Å². The number of piperazine rings is 1. The SMILES string of the molecule is C[C@H]1CN(C)CCN1.O=C(O)C(F)(F)F.O=C(O)C(F)(F)F. The average Bonchev–Trinajstić information content (AvgIpc) is 2.27. The van der Waals surface area contributed by atoms with E-state index in [1.165, 1.54) is 13.1 Å². The van der Waals surface area contributed by atoms with E-state index in [0.717, 1.165) is 6.54 Å². The highest BCUT2D eigenvalue weighted by Crippen LogP contribution is 2.13. The highest BCUT2D eigenvalue weighted by Gasteiger charge is 2.38. The van der Waals surface area contributed by atoms with Crippen LogP contribution in [-0.4, -0.2) is 72.1 Å². The molecule has 1 atom stereocenters. The van der Waals surface area contributed by atoms with E-state index in [-0.39, 0.29) is 0 Å². The molecule has 0 aromatic rings. The summed E-state index contributed by atoms with van der Waals surface area (Å²) in [5.41, 5.74) is 0. The van der Waals surface area contributed by atoms with Crippen LogP contribution in [0, 0.1) is 0 Å². The van der Waals surface area contributed by atoms with Crippen LogP contribution < -0.4 is 5.32 Å². The third-order valence-corrected chi connectivity index (χ3v) is 2.06. The molecule has 0 amide bonds. The lowest BCUT2D eigenvalue weighted by molar-refractivity contribution is -0.193. The molecule has 6 nitrogen and oxygen atoms in total. The van der Waals surface area contributed by atoms with Gasteiger partial charge in [-0.15, -0.1) is 0 Å². The molecule has 22 heavy (non-hydrogen) atoms. The van der Waals surface area contributed by atoms with E-state index in [2.05, 4.69) is 24.2 Å². The van der Waals surface area contributed by atoms with Crippen molar-refractivity contribution in [3.8, 4) is 0 Å². The number of rotatable bonds is 0. The molecule has 1 aliphatic rings. The Morgan fingerprint density at radius 3 is 1.50 bits per heavy atom. The zero-order chi connectivity index (χ0) is 18.1. The summed E-state index contributed by atoms with van der Waals surface area (Å²) < 4.78 is 63.5. The first kappa shape index (κ1) is 22.7. The van der Waals surface area contributed by atoms with E-state index >= 15 is 0 Å². The highest BCUT2D eigenvalue weighted by atomic mass is 19.4. The Morgan fingerprint density at radius 1 is 1.05 bits per heavy atom. The number of nitrogens with zero attached hydrogens (tertiary/aromatic N) is 1. The van der Waals surface area contributed by atoms with Crippen LogP contribution in [0.5, 0.6) is 0 Å². The van der Waals surface area contributed by atoms with Gasteiger partial charge in [-0.3, -0.25) is 0 Å². The Kier molecular flexibility index (Phi) is 9.76. The molecule has 12 heteroatoms. The topological polar surface area (TPSA) is 89.9 Å². The van der Waals surface area contributed by atoms with Gasteiger partial charge in [0.25, 0.3) is 0 Å². The number of hydrogen-bond acceptors (Lipinski definition) is 4. The van der Waals surface area contributed by atoms with E-state index in [0.29, 0.717) is 6.04 Å². The maximum Gasteiger partial charge on any atom is 0.490 e. The standard InChI is InChI=1S/C6H14N2.2C2HF3O2/c1-6-5-8(2)4-3-7-6;2*3-2(4,5)1(6)7/h6-7H,3-5H2,1-2H3;2*(H,6,7)/t6-;;/m0../s1. The van der Waals surface area contributed by atoms with Crippen LogP contribution >= 0.6 is 0 Å². The van der Waals surface area contributed by atoms with E-state index in [9.17, 15) is 26.3 Å². The average molecular weight is 342 g/mol. The minimum absolute atomic E-state index is 0.689. The van der Waals surface area contributed by atoms with Crippen molar-refractivity contribution in [3.63, 3.8) is 0 Å². The summed E-state index contributed by atoms with van der Waals surface area (Å²) in [6.45, 7) is 5.76. The summed E-state index contributed by atoms with van der Waals surface area (Å²) in [5.74, 6) is -5.51. The van der Waals surface area contributed by atoms with Crippen LogP contribution in [0.1, 0.15) is 6.92 Å². The van der Waals surface area contributed by atoms with Gasteiger partial charge in [0.15, 0.2) is 0 Å². The Bertz CT molecular complexity index is 326. The van der Waals surface area contributed by atoms with Gasteiger partial charge in [0.05, 0.1) is 0 Å². The van der Waals surface area contributed by atoms with Gasteiger partial charge in [-0.2, -0.15) is 26.3 Å². The summed E-state index contributed by atoms with van der Waals surface area (Å²) in [6.07, 6.45) is -10.2. The summed E-state index contributed by atoms with van der Waals surface area (Å²) in [7, 11) is 2.16. The maximum absolute atomic E-state index is 10.6. The van der Waals surface area contributed by atoms with Gasteiger partial charge in [-0.05, 0) is 14.0 Å². The lowest BCUT2D eigenvalue weighted by Gasteiger charge is -2.28. The van der Waals surface area contributed by atoms with Crippen molar-refractivity contribution < 1.29 is 46.1 Å². The Hall–Kier alpha value is -1.56. The van der Waals surface area contributed by atoms with Crippen molar-refractivity contribution in [2.45, 2.75) is 25.3 Å². The Balaban J connectivity index is 0. The van der Waals surface area contributed by atoms with Crippen LogP contribution in [0.3, 0.4) is 0 Å². The van der Waals surface area contributed by atoms with Gasteiger partial charge >= 0.3 is 24.3 Å². The second-order valence-corrected chi connectivity index (χ2v) is 4.22. The first-order valence-corrected chi connectivity index (χ1v) is 5.70. The van der Waals surface area contributed by atoms with E-state index in [4.69, 9.17) is 19.8 Å². The number of carbonyl (C=O) groups is 2. The van der Waals surface area contributed by atoms with Crippen LogP contribution in [0.2, 0.25) is 0 Å². The van der Waals surface area contributed by atoms with Gasteiger partial charge in [0.2, 0.25) is 0 Å². The minimum Gasteiger partial charge on any atom is -0.475 e. The number of halogens is 6. The van der Waals surface area contributed by atoms with Gasteiger partial charge < -0.3 is 20.4 Å². The molecular formula is C10H16F6N2O4. The van der Waals surface area contributed by atoms with E-state index < -0.39 is 24.3 Å². The molecule has 1 rings (SSSR count). The molecule has 1 saturated heterocycles. The van der Waals surface area contributed by atoms with Crippen LogP contribution in [0.25, 0.3) is 0 Å². The van der Waals surface area contributed by atoms with Crippen molar-refractivity contribution in [1.82, 2.24) is 10.2 Å². The van der Waals surface area contributed by atoms with Crippen LogP contribution in [-0.2, 0) is 9.59 Å². The monoisotopic (exact) mass is 342 g/mol. The molecule has 0 aromatic carbocycles. The minimum atomic E-state index is -5.08. The Labute approximate surface area is 121 Å². The van der Waals surface area contributed by atoms with Crippen molar-refractivity contribution in [2.24, 2.45) is 0 Å². The summed E-state index contributed by atoms with van der Waals surface area (Å²) in [4.78, 5) is 20.1. The molecule has 0 unspecified atom stereocenters. The molecule has 0 aliphatic carbocycles. The van der Waals surface area contributed by atoms with Crippen LogP contribution in [0.4, 0.5) is 26.3 Å². The quantitative estimate of drug-likeness (QED) is 0.573. The predicted octanol–water partition coefficient (Wildman–Crippen LogP) is 1.18. The molecule has 132 valence electrons. The van der Waals surface area contributed by atoms with Crippen molar-refractivity contribution in [2.75, 3.05) is 26.7 Å². The molecule has 1 heterocycles. The fourth-order valence-corrected chi connectivity index (χ4v) is 1.13. The van der Waals surface area contributed by atoms with Crippen LogP contribution in [0.15, 0.2) is 0 Å². The zero-order valence-corrected chi connectivity index (χ0v) is 11.6. The zero-order valence-electron chi connectivity index (χ0n) is 11.6. The molecule has 0 spiro atoms. The van der Waals surface area contributed by atoms with E-state index in [1.807, 2.05) is 0 Å². The second-order valence-electron chi connectivity index (χ2n) is 4.22. The predicted molar refractivity (Wildman–Crippen MR) is 62.3 cm³/mol. The van der Waals surface area contributed by atoms with Gasteiger partial charge in [0.1, 0.15) is 0 Å². The molecule has 0 bridgehead atoms. The fraction of sp³-hybridized carbons (Fsp3) is 0.800. The summed E-state index contributed by atoms with van der Waals surface area (Å²) in [5, 5.41) is 17.6. The number of carboxylic acids is 2. The molecule has 3 N–H and O–H groups in total.